The van der Waals surface area contributed by atoms with Crippen molar-refractivity contribution in [3.8, 4) is 6.07 Å². The lowest BCUT2D eigenvalue weighted by Crippen LogP contribution is -2.26. The van der Waals surface area contributed by atoms with E-state index in [4.69, 9.17) is 5.26 Å². The van der Waals surface area contributed by atoms with E-state index in [1.165, 1.54) is 64.6 Å². The molecule has 1 rings (SSSR count). The van der Waals surface area contributed by atoms with Crippen LogP contribution >= 0.6 is 0 Å². The fraction of sp³-hybridized carbons (Fsp3) is 0.941. The maximum atomic E-state index is 9.00. The molecular weight excluding hydrogens is 232 g/mol. The fourth-order valence-corrected chi connectivity index (χ4v) is 3.10. The smallest absolute Gasteiger partial charge is 0.0683 e. The third kappa shape index (κ3) is 6.97. The second kappa shape index (κ2) is 8.59. The van der Waals surface area contributed by atoms with Gasteiger partial charge >= 0.3 is 0 Å². The average Bonchev–Trinajstić information content (AvgIpc) is 2.61. The zero-order valence-corrected chi connectivity index (χ0v) is 13.2. The van der Waals surface area contributed by atoms with E-state index in [0.717, 1.165) is 12.3 Å². The summed E-state index contributed by atoms with van der Waals surface area (Å²) in [6, 6.07) is 2.40. The Morgan fingerprint density at radius 2 is 2.00 bits per heavy atom. The van der Waals surface area contributed by atoms with Gasteiger partial charge in [-0.1, -0.05) is 26.2 Å². The van der Waals surface area contributed by atoms with Gasteiger partial charge in [0.25, 0.3) is 0 Å². The maximum Gasteiger partial charge on any atom is 0.0683 e. The van der Waals surface area contributed by atoms with Crippen LogP contribution in [0, 0.1) is 22.7 Å². The zero-order valence-electron chi connectivity index (χ0n) is 13.2. The van der Waals surface area contributed by atoms with Crippen molar-refractivity contribution in [1.29, 1.82) is 5.26 Å². The summed E-state index contributed by atoms with van der Waals surface area (Å²) >= 11 is 0. The molecule has 0 amide bonds. The van der Waals surface area contributed by atoms with Crippen LogP contribution in [-0.2, 0) is 0 Å². The number of hydrogen-bond acceptors (Lipinski definition) is 2. The van der Waals surface area contributed by atoms with Crippen LogP contribution in [0.5, 0.6) is 0 Å². The average molecular weight is 264 g/mol. The number of hydrogen-bond donors (Lipinski definition) is 0. The van der Waals surface area contributed by atoms with E-state index >= 15 is 0 Å². The lowest BCUT2D eigenvalue weighted by molar-refractivity contribution is 0.267. The number of unbranched alkanes of at least 4 members (excludes halogenated alkanes) is 1. The van der Waals surface area contributed by atoms with Crippen LogP contribution in [0.15, 0.2) is 0 Å². The van der Waals surface area contributed by atoms with Crippen LogP contribution in [0.2, 0.25) is 0 Å². The molecule has 2 heteroatoms. The first-order valence-corrected chi connectivity index (χ1v) is 8.21. The predicted octanol–water partition coefficient (Wildman–Crippen LogP) is 4.61. The van der Waals surface area contributed by atoms with Crippen LogP contribution in [-0.4, -0.2) is 24.5 Å². The van der Waals surface area contributed by atoms with Gasteiger partial charge in [0.2, 0.25) is 0 Å². The van der Waals surface area contributed by atoms with Crippen molar-refractivity contribution >= 4 is 0 Å². The summed E-state index contributed by atoms with van der Waals surface area (Å²) in [7, 11) is 0. The molecule has 1 heterocycles. The van der Waals surface area contributed by atoms with Crippen molar-refractivity contribution in [3.63, 3.8) is 0 Å². The van der Waals surface area contributed by atoms with Crippen molar-refractivity contribution in [3.05, 3.63) is 0 Å². The monoisotopic (exact) mass is 264 g/mol. The first-order chi connectivity index (χ1) is 9.07. The highest BCUT2D eigenvalue weighted by Gasteiger charge is 2.18. The molecule has 0 aromatic carbocycles. The van der Waals surface area contributed by atoms with Crippen molar-refractivity contribution in [2.45, 2.75) is 72.1 Å². The van der Waals surface area contributed by atoms with Crippen LogP contribution in [0.1, 0.15) is 72.1 Å². The Hall–Kier alpha value is -0.550. The summed E-state index contributed by atoms with van der Waals surface area (Å²) in [5.41, 5.74) is -0.134. The minimum atomic E-state index is -0.134. The minimum Gasteiger partial charge on any atom is -0.303 e. The molecule has 0 aromatic rings. The minimum absolute atomic E-state index is 0.134. The Kier molecular flexibility index (Phi) is 7.46. The molecule has 0 aliphatic carbocycles. The van der Waals surface area contributed by atoms with Gasteiger partial charge < -0.3 is 4.90 Å². The molecule has 0 spiro atoms. The molecule has 0 bridgehead atoms. The van der Waals surface area contributed by atoms with Gasteiger partial charge in [-0.15, -0.1) is 0 Å². The second-order valence-corrected chi connectivity index (χ2v) is 6.88. The Morgan fingerprint density at radius 3 is 2.68 bits per heavy atom. The standard InChI is InChI=1S/C17H32N2/c1-4-8-16-9-7-13-19(14-10-16)12-6-5-11-17(2,3)15-18/h16H,4-14H2,1-3H3. The van der Waals surface area contributed by atoms with E-state index in [1.54, 1.807) is 0 Å². The summed E-state index contributed by atoms with van der Waals surface area (Å²) in [6.45, 7) is 10.2. The lowest BCUT2D eigenvalue weighted by atomic mass is 9.89. The molecule has 110 valence electrons. The summed E-state index contributed by atoms with van der Waals surface area (Å²) in [6.07, 6.45) is 10.5. The van der Waals surface area contributed by atoms with Gasteiger partial charge in [-0.05, 0) is 71.5 Å². The van der Waals surface area contributed by atoms with Crippen LogP contribution in [0.25, 0.3) is 0 Å². The van der Waals surface area contributed by atoms with Gasteiger partial charge in [0.05, 0.1) is 11.5 Å². The third-order valence-corrected chi connectivity index (χ3v) is 4.47. The summed E-state index contributed by atoms with van der Waals surface area (Å²) < 4.78 is 0. The van der Waals surface area contributed by atoms with Gasteiger partial charge in [-0.25, -0.2) is 0 Å². The molecule has 2 nitrogen and oxygen atoms in total. The lowest BCUT2D eigenvalue weighted by Gasteiger charge is -2.21. The molecule has 1 fully saturated rings. The van der Waals surface area contributed by atoms with Crippen LogP contribution < -0.4 is 0 Å². The Labute approximate surface area is 120 Å². The SMILES string of the molecule is CCCC1CCCN(CCCCC(C)(C)C#N)CC1. The van der Waals surface area contributed by atoms with Gasteiger partial charge in [-0.3, -0.25) is 0 Å². The highest BCUT2D eigenvalue weighted by Crippen LogP contribution is 2.24. The van der Waals surface area contributed by atoms with E-state index < -0.39 is 0 Å². The maximum absolute atomic E-state index is 9.00. The predicted molar refractivity (Wildman–Crippen MR) is 81.9 cm³/mol. The largest absolute Gasteiger partial charge is 0.303 e. The molecule has 1 unspecified atom stereocenters. The van der Waals surface area contributed by atoms with Gasteiger partial charge in [0.15, 0.2) is 0 Å². The zero-order chi connectivity index (χ0) is 14.1. The molecule has 0 aromatic heterocycles. The molecule has 1 atom stereocenters. The highest BCUT2D eigenvalue weighted by atomic mass is 15.1. The van der Waals surface area contributed by atoms with Crippen molar-refractivity contribution in [2.24, 2.45) is 11.3 Å². The van der Waals surface area contributed by atoms with Crippen LogP contribution in [0.4, 0.5) is 0 Å². The number of likely N-dealkylation sites (tertiary alicyclic amines) is 1. The van der Waals surface area contributed by atoms with Gasteiger partial charge in [-0.2, -0.15) is 5.26 Å². The molecular formula is C17H32N2. The van der Waals surface area contributed by atoms with Gasteiger partial charge in [0, 0.05) is 0 Å². The van der Waals surface area contributed by atoms with E-state index in [2.05, 4.69) is 17.9 Å². The molecule has 19 heavy (non-hydrogen) atoms. The van der Waals surface area contributed by atoms with E-state index in [-0.39, 0.29) is 5.41 Å². The molecule has 0 N–H and O–H groups in total. The molecule has 1 saturated heterocycles. The highest BCUT2D eigenvalue weighted by molar-refractivity contribution is 4.91. The number of nitrogens with zero attached hydrogens (tertiary/aromatic N) is 2. The summed E-state index contributed by atoms with van der Waals surface area (Å²) in [4.78, 5) is 2.65. The Morgan fingerprint density at radius 1 is 1.21 bits per heavy atom. The second-order valence-electron chi connectivity index (χ2n) is 6.88. The molecule has 1 aliphatic heterocycles. The number of rotatable bonds is 7. The van der Waals surface area contributed by atoms with Gasteiger partial charge in [0.1, 0.15) is 0 Å². The topological polar surface area (TPSA) is 27.0 Å². The third-order valence-electron chi connectivity index (χ3n) is 4.47. The fourth-order valence-electron chi connectivity index (χ4n) is 3.10. The molecule has 1 aliphatic rings. The molecule has 0 saturated carbocycles. The Balaban J connectivity index is 2.15. The first-order valence-electron chi connectivity index (χ1n) is 8.21. The Bertz CT molecular complexity index is 277. The summed E-state index contributed by atoms with van der Waals surface area (Å²) in [5.74, 6) is 0.979. The van der Waals surface area contributed by atoms with E-state index in [0.29, 0.717) is 0 Å². The summed E-state index contributed by atoms with van der Waals surface area (Å²) in [5, 5.41) is 9.00. The van der Waals surface area contributed by atoms with E-state index in [1.807, 2.05) is 13.8 Å². The first kappa shape index (κ1) is 16.5. The quantitative estimate of drug-likeness (QED) is 0.628. The van der Waals surface area contributed by atoms with Crippen molar-refractivity contribution in [1.82, 2.24) is 4.90 Å². The normalized spacial score (nSPS) is 21.9. The van der Waals surface area contributed by atoms with Crippen LogP contribution in [0.3, 0.4) is 0 Å². The molecule has 0 radical (unpaired) electrons. The van der Waals surface area contributed by atoms with Crippen molar-refractivity contribution < 1.29 is 0 Å². The number of nitriles is 1. The van der Waals surface area contributed by atoms with E-state index in [9.17, 15) is 0 Å². The van der Waals surface area contributed by atoms with Crippen molar-refractivity contribution in [2.75, 3.05) is 19.6 Å².